The van der Waals surface area contributed by atoms with Crippen LogP contribution in [-0.2, 0) is 0 Å². The first kappa shape index (κ1) is 14.5. The minimum Gasteiger partial charge on any atom is -0.303 e. The van der Waals surface area contributed by atoms with Crippen LogP contribution in [-0.4, -0.2) is 35.2 Å². The van der Waals surface area contributed by atoms with Crippen molar-refractivity contribution >= 4 is 17.1 Å². The van der Waals surface area contributed by atoms with Gasteiger partial charge in [0.1, 0.15) is 0 Å². The van der Waals surface area contributed by atoms with E-state index in [1.165, 1.54) is 18.6 Å². The fraction of sp³-hybridized carbons (Fsp3) is 0.500. The SMILES string of the molecule is CCCN1CCC(=NNc2ccc([N+](=O)[O-])cc2)CC1. The molecule has 0 radical (unpaired) electrons. The van der Waals surface area contributed by atoms with E-state index >= 15 is 0 Å². The monoisotopic (exact) mass is 276 g/mol. The Labute approximate surface area is 118 Å². The maximum Gasteiger partial charge on any atom is 0.269 e. The highest BCUT2D eigenvalue weighted by Gasteiger charge is 2.13. The van der Waals surface area contributed by atoms with Gasteiger partial charge in [-0.05, 0) is 25.1 Å². The number of piperidine rings is 1. The van der Waals surface area contributed by atoms with E-state index in [2.05, 4.69) is 22.4 Å². The summed E-state index contributed by atoms with van der Waals surface area (Å²) in [6.45, 7) is 5.48. The number of benzene rings is 1. The number of nitro benzene ring substituents is 1. The van der Waals surface area contributed by atoms with Gasteiger partial charge in [-0.1, -0.05) is 6.92 Å². The Morgan fingerprint density at radius 3 is 2.50 bits per heavy atom. The van der Waals surface area contributed by atoms with Crippen LogP contribution in [0.5, 0.6) is 0 Å². The second-order valence-electron chi connectivity index (χ2n) is 4.94. The second kappa shape index (κ2) is 7.00. The first-order chi connectivity index (χ1) is 9.69. The molecule has 0 saturated carbocycles. The molecule has 0 spiro atoms. The molecule has 1 aromatic carbocycles. The molecule has 0 aromatic heterocycles. The summed E-state index contributed by atoms with van der Waals surface area (Å²) in [6, 6.07) is 6.31. The maximum atomic E-state index is 10.6. The van der Waals surface area contributed by atoms with Gasteiger partial charge < -0.3 is 4.90 Å². The summed E-state index contributed by atoms with van der Waals surface area (Å²) in [5.74, 6) is 0. The molecule has 1 saturated heterocycles. The topological polar surface area (TPSA) is 70.8 Å². The van der Waals surface area contributed by atoms with Gasteiger partial charge in [0.15, 0.2) is 0 Å². The molecule has 6 nitrogen and oxygen atoms in total. The lowest BCUT2D eigenvalue weighted by molar-refractivity contribution is -0.384. The summed E-state index contributed by atoms with van der Waals surface area (Å²) < 4.78 is 0. The van der Waals surface area contributed by atoms with Gasteiger partial charge in [0, 0.05) is 43.8 Å². The summed E-state index contributed by atoms with van der Waals surface area (Å²) in [5.41, 5.74) is 5.01. The first-order valence-electron chi connectivity index (χ1n) is 6.97. The molecule has 1 aromatic rings. The zero-order valence-corrected chi connectivity index (χ0v) is 11.7. The zero-order chi connectivity index (χ0) is 14.4. The Morgan fingerprint density at radius 1 is 1.30 bits per heavy atom. The lowest BCUT2D eigenvalue weighted by Gasteiger charge is -2.26. The van der Waals surface area contributed by atoms with Crippen LogP contribution in [0.3, 0.4) is 0 Å². The van der Waals surface area contributed by atoms with E-state index in [0.717, 1.165) is 43.9 Å². The number of rotatable bonds is 5. The van der Waals surface area contributed by atoms with Gasteiger partial charge >= 0.3 is 0 Å². The molecular formula is C14H20N4O2. The van der Waals surface area contributed by atoms with E-state index in [-0.39, 0.29) is 5.69 Å². The number of hydrogen-bond donors (Lipinski definition) is 1. The Kier molecular flexibility index (Phi) is 5.06. The number of nitrogens with one attached hydrogen (secondary N) is 1. The standard InChI is InChI=1S/C14H20N4O2/c1-2-9-17-10-7-13(8-11-17)16-15-12-3-5-14(6-4-12)18(19)20/h3-6,15H,2,7-11H2,1H3. The van der Waals surface area contributed by atoms with Gasteiger partial charge in [-0.2, -0.15) is 5.10 Å². The van der Waals surface area contributed by atoms with E-state index in [0.29, 0.717) is 0 Å². The quantitative estimate of drug-likeness (QED) is 0.663. The molecular weight excluding hydrogens is 256 g/mol. The molecule has 1 N–H and O–H groups in total. The number of anilines is 1. The highest BCUT2D eigenvalue weighted by atomic mass is 16.6. The minimum atomic E-state index is -0.404. The number of hydrazone groups is 1. The van der Waals surface area contributed by atoms with Crippen LogP contribution in [0.1, 0.15) is 26.2 Å². The largest absolute Gasteiger partial charge is 0.303 e. The Bertz CT molecular complexity index is 474. The van der Waals surface area contributed by atoms with E-state index in [4.69, 9.17) is 0 Å². The van der Waals surface area contributed by atoms with Gasteiger partial charge in [0.2, 0.25) is 0 Å². The van der Waals surface area contributed by atoms with Gasteiger partial charge in [-0.25, -0.2) is 0 Å². The van der Waals surface area contributed by atoms with Crippen LogP contribution < -0.4 is 5.43 Å². The van der Waals surface area contributed by atoms with Gasteiger partial charge in [0.05, 0.1) is 10.6 Å². The zero-order valence-electron chi connectivity index (χ0n) is 11.7. The lowest BCUT2D eigenvalue weighted by Crippen LogP contribution is -2.34. The molecule has 6 heteroatoms. The minimum absolute atomic E-state index is 0.0936. The summed E-state index contributed by atoms with van der Waals surface area (Å²) in [4.78, 5) is 12.6. The smallest absolute Gasteiger partial charge is 0.269 e. The molecule has 20 heavy (non-hydrogen) atoms. The second-order valence-corrected chi connectivity index (χ2v) is 4.94. The van der Waals surface area contributed by atoms with Crippen LogP contribution in [0.2, 0.25) is 0 Å². The van der Waals surface area contributed by atoms with Crippen molar-refractivity contribution in [3.63, 3.8) is 0 Å². The van der Waals surface area contributed by atoms with Crippen molar-refractivity contribution in [2.45, 2.75) is 26.2 Å². The number of non-ortho nitro benzene ring substituents is 1. The fourth-order valence-corrected chi connectivity index (χ4v) is 2.26. The number of hydrogen-bond acceptors (Lipinski definition) is 5. The van der Waals surface area contributed by atoms with Crippen LogP contribution in [0.4, 0.5) is 11.4 Å². The van der Waals surface area contributed by atoms with Crippen molar-refractivity contribution in [2.75, 3.05) is 25.1 Å². The van der Waals surface area contributed by atoms with Crippen LogP contribution in [0, 0.1) is 10.1 Å². The highest BCUT2D eigenvalue weighted by Crippen LogP contribution is 2.16. The lowest BCUT2D eigenvalue weighted by atomic mass is 10.1. The van der Waals surface area contributed by atoms with E-state index in [9.17, 15) is 10.1 Å². The van der Waals surface area contributed by atoms with Gasteiger partial charge in [-0.3, -0.25) is 15.5 Å². The summed E-state index contributed by atoms with van der Waals surface area (Å²) in [5, 5.41) is 14.9. The van der Waals surface area contributed by atoms with Crippen molar-refractivity contribution < 1.29 is 4.92 Å². The predicted octanol–water partition coefficient (Wildman–Crippen LogP) is 2.87. The first-order valence-corrected chi connectivity index (χ1v) is 6.97. The van der Waals surface area contributed by atoms with Crippen molar-refractivity contribution in [3.8, 4) is 0 Å². The van der Waals surface area contributed by atoms with E-state index < -0.39 is 4.92 Å². The third kappa shape index (κ3) is 4.03. The van der Waals surface area contributed by atoms with Crippen molar-refractivity contribution in [2.24, 2.45) is 5.10 Å². The molecule has 0 unspecified atom stereocenters. The number of nitro groups is 1. The average Bonchev–Trinajstić information content (AvgIpc) is 2.47. The van der Waals surface area contributed by atoms with Crippen molar-refractivity contribution in [3.05, 3.63) is 34.4 Å². The van der Waals surface area contributed by atoms with Gasteiger partial charge in [-0.15, -0.1) is 0 Å². The molecule has 0 bridgehead atoms. The van der Waals surface area contributed by atoms with E-state index in [1.54, 1.807) is 12.1 Å². The molecule has 108 valence electrons. The predicted molar refractivity (Wildman–Crippen MR) is 80.1 cm³/mol. The molecule has 1 fully saturated rings. The molecule has 0 amide bonds. The van der Waals surface area contributed by atoms with Crippen molar-refractivity contribution in [1.82, 2.24) is 4.90 Å². The third-order valence-electron chi connectivity index (χ3n) is 3.39. The summed E-state index contributed by atoms with van der Waals surface area (Å²) >= 11 is 0. The van der Waals surface area contributed by atoms with Crippen LogP contribution in [0.25, 0.3) is 0 Å². The van der Waals surface area contributed by atoms with Crippen LogP contribution in [0.15, 0.2) is 29.4 Å². The Morgan fingerprint density at radius 2 is 1.95 bits per heavy atom. The average molecular weight is 276 g/mol. The summed E-state index contributed by atoms with van der Waals surface area (Å²) in [6.07, 6.45) is 3.16. The highest BCUT2D eigenvalue weighted by molar-refractivity contribution is 5.86. The number of nitrogens with zero attached hydrogens (tertiary/aromatic N) is 3. The maximum absolute atomic E-state index is 10.6. The Hall–Kier alpha value is -1.95. The molecule has 2 rings (SSSR count). The number of likely N-dealkylation sites (tertiary alicyclic amines) is 1. The molecule has 0 atom stereocenters. The molecule has 1 aliphatic rings. The normalized spacial score (nSPS) is 15.9. The fourth-order valence-electron chi connectivity index (χ4n) is 2.26. The van der Waals surface area contributed by atoms with Crippen LogP contribution >= 0.6 is 0 Å². The molecule has 0 aliphatic carbocycles. The third-order valence-corrected chi connectivity index (χ3v) is 3.39. The van der Waals surface area contributed by atoms with Gasteiger partial charge in [0.25, 0.3) is 5.69 Å². The van der Waals surface area contributed by atoms with Crippen molar-refractivity contribution in [1.29, 1.82) is 0 Å². The Balaban J connectivity index is 1.85. The van der Waals surface area contributed by atoms with E-state index in [1.807, 2.05) is 0 Å². The molecule has 1 aliphatic heterocycles. The molecule has 1 heterocycles. The summed E-state index contributed by atoms with van der Waals surface area (Å²) in [7, 11) is 0.